The normalized spacial score (nSPS) is 20.2. The summed E-state index contributed by atoms with van der Waals surface area (Å²) in [6, 6.07) is 10.0. The quantitative estimate of drug-likeness (QED) is 0.910. The third-order valence-corrected chi connectivity index (χ3v) is 4.76. The van der Waals surface area contributed by atoms with Gasteiger partial charge in [0.05, 0.1) is 13.1 Å². The van der Waals surface area contributed by atoms with Gasteiger partial charge in [-0.15, -0.1) is 12.4 Å². The molecule has 0 radical (unpaired) electrons. The molecular formula is C17H23ClN4O. The van der Waals surface area contributed by atoms with Crippen LogP contribution in [0.1, 0.15) is 54.6 Å². The highest BCUT2D eigenvalue weighted by atomic mass is 35.5. The fraction of sp³-hybridized carbons (Fsp3) is 0.529. The lowest BCUT2D eigenvalue weighted by molar-refractivity contribution is 0.154. The molecule has 1 fully saturated rings. The van der Waals surface area contributed by atoms with Crippen LogP contribution in [0.3, 0.4) is 0 Å². The largest absolute Gasteiger partial charge is 0.338 e. The molecule has 2 N–H and O–H groups in total. The molecule has 23 heavy (non-hydrogen) atoms. The molecule has 1 aromatic carbocycles. The average Bonchev–Trinajstić information content (AvgIpc) is 3.31. The first kappa shape index (κ1) is 16.4. The Hall–Kier alpha value is -1.43. The molecule has 0 aliphatic heterocycles. The summed E-state index contributed by atoms with van der Waals surface area (Å²) >= 11 is 0. The van der Waals surface area contributed by atoms with Crippen LogP contribution in [-0.4, -0.2) is 21.1 Å². The third-order valence-electron chi connectivity index (χ3n) is 4.76. The van der Waals surface area contributed by atoms with Gasteiger partial charge in [0.2, 0.25) is 5.89 Å². The summed E-state index contributed by atoms with van der Waals surface area (Å²) < 4.78 is 5.16. The first-order chi connectivity index (χ1) is 10.8. The fourth-order valence-corrected chi connectivity index (χ4v) is 3.57. The summed E-state index contributed by atoms with van der Waals surface area (Å²) in [4.78, 5) is 6.96. The van der Waals surface area contributed by atoms with Crippen LogP contribution in [-0.2, 0) is 19.5 Å². The van der Waals surface area contributed by atoms with E-state index in [1.165, 1.54) is 43.2 Å². The van der Waals surface area contributed by atoms with E-state index in [9.17, 15) is 0 Å². The van der Waals surface area contributed by atoms with Crippen LogP contribution in [0, 0.1) is 0 Å². The molecule has 0 bridgehead atoms. The van der Waals surface area contributed by atoms with Crippen molar-refractivity contribution in [3.8, 4) is 0 Å². The summed E-state index contributed by atoms with van der Waals surface area (Å²) in [6.07, 6.45) is 6.23. The summed E-state index contributed by atoms with van der Waals surface area (Å²) in [5.74, 6) is 1.28. The molecule has 2 aromatic rings. The van der Waals surface area contributed by atoms with Crippen LogP contribution in [0.2, 0.25) is 0 Å². The molecule has 5 nitrogen and oxygen atoms in total. The Balaban J connectivity index is 0.00000156. The summed E-state index contributed by atoms with van der Waals surface area (Å²) in [5, 5.41) is 4.08. The van der Waals surface area contributed by atoms with Crippen LogP contribution in [0.5, 0.6) is 0 Å². The van der Waals surface area contributed by atoms with Crippen molar-refractivity contribution >= 4 is 12.4 Å². The van der Waals surface area contributed by atoms with Crippen LogP contribution in [0.25, 0.3) is 0 Å². The smallest absolute Gasteiger partial charge is 0.240 e. The van der Waals surface area contributed by atoms with Crippen LogP contribution in [0.4, 0.5) is 0 Å². The molecule has 1 atom stereocenters. The number of aromatic nitrogens is 2. The van der Waals surface area contributed by atoms with Crippen molar-refractivity contribution < 1.29 is 4.52 Å². The first-order valence-corrected chi connectivity index (χ1v) is 8.20. The lowest BCUT2D eigenvalue weighted by Gasteiger charge is -2.35. The Morgan fingerprint density at radius 2 is 2.04 bits per heavy atom. The molecule has 1 saturated carbocycles. The van der Waals surface area contributed by atoms with Gasteiger partial charge in [0.1, 0.15) is 0 Å². The van der Waals surface area contributed by atoms with E-state index < -0.39 is 0 Å². The Bertz CT molecular complexity index is 656. The standard InChI is InChI=1S/C17H22N4O.ClH/c18-10-17-19-16(20-22-17)11-21(13-8-9-13)15-7-3-5-12-4-1-2-6-14(12)15;/h1-2,4,6,13,15H,3,5,7-11,18H2;1H. The number of hydrogen-bond donors (Lipinski definition) is 1. The third kappa shape index (κ3) is 3.42. The maximum atomic E-state index is 5.56. The molecule has 1 heterocycles. The predicted octanol–water partition coefficient (Wildman–Crippen LogP) is 2.99. The molecule has 2 aliphatic rings. The van der Waals surface area contributed by atoms with Crippen molar-refractivity contribution in [2.24, 2.45) is 5.73 Å². The maximum Gasteiger partial charge on any atom is 0.240 e. The van der Waals surface area contributed by atoms with Crippen molar-refractivity contribution in [2.45, 2.75) is 57.3 Å². The number of nitrogens with two attached hydrogens (primary N) is 1. The van der Waals surface area contributed by atoms with E-state index >= 15 is 0 Å². The van der Waals surface area contributed by atoms with E-state index in [0.717, 1.165) is 12.4 Å². The van der Waals surface area contributed by atoms with Crippen molar-refractivity contribution in [3.05, 3.63) is 47.1 Å². The van der Waals surface area contributed by atoms with Gasteiger partial charge in [-0.1, -0.05) is 29.4 Å². The highest BCUT2D eigenvalue weighted by molar-refractivity contribution is 5.85. The van der Waals surface area contributed by atoms with Gasteiger partial charge in [0, 0.05) is 12.1 Å². The summed E-state index contributed by atoms with van der Waals surface area (Å²) in [7, 11) is 0. The van der Waals surface area contributed by atoms with Gasteiger partial charge in [0.15, 0.2) is 5.82 Å². The summed E-state index contributed by atoms with van der Waals surface area (Å²) in [6.45, 7) is 1.07. The number of nitrogens with zero attached hydrogens (tertiary/aromatic N) is 3. The molecule has 0 spiro atoms. The van der Waals surface area contributed by atoms with Gasteiger partial charge in [-0.2, -0.15) is 4.98 Å². The fourth-order valence-electron chi connectivity index (χ4n) is 3.57. The van der Waals surface area contributed by atoms with E-state index in [1.807, 2.05) is 0 Å². The second-order valence-corrected chi connectivity index (χ2v) is 6.32. The van der Waals surface area contributed by atoms with E-state index in [2.05, 4.69) is 39.3 Å². The number of benzene rings is 1. The Labute approximate surface area is 142 Å². The van der Waals surface area contributed by atoms with E-state index in [0.29, 0.717) is 24.5 Å². The highest BCUT2D eigenvalue weighted by Gasteiger charge is 2.37. The van der Waals surface area contributed by atoms with Gasteiger partial charge in [-0.25, -0.2) is 0 Å². The van der Waals surface area contributed by atoms with Gasteiger partial charge in [-0.05, 0) is 43.2 Å². The van der Waals surface area contributed by atoms with Gasteiger partial charge >= 0.3 is 0 Å². The second kappa shape index (κ2) is 6.99. The lowest BCUT2D eigenvalue weighted by atomic mass is 9.86. The average molecular weight is 335 g/mol. The topological polar surface area (TPSA) is 68.2 Å². The molecule has 4 rings (SSSR count). The van der Waals surface area contributed by atoms with Gasteiger partial charge in [0.25, 0.3) is 0 Å². The van der Waals surface area contributed by atoms with Crippen LogP contribution < -0.4 is 5.73 Å². The molecule has 0 amide bonds. The number of fused-ring (bicyclic) bond motifs is 1. The summed E-state index contributed by atoms with van der Waals surface area (Å²) in [5.41, 5.74) is 8.55. The van der Waals surface area contributed by atoms with E-state index in [-0.39, 0.29) is 12.4 Å². The Kier molecular flexibility index (Phi) is 4.99. The first-order valence-electron chi connectivity index (χ1n) is 8.20. The van der Waals surface area contributed by atoms with Gasteiger partial charge < -0.3 is 10.3 Å². The zero-order valence-electron chi connectivity index (χ0n) is 13.1. The monoisotopic (exact) mass is 334 g/mol. The maximum absolute atomic E-state index is 5.56. The predicted molar refractivity (Wildman–Crippen MR) is 90.1 cm³/mol. The number of hydrogen-bond acceptors (Lipinski definition) is 5. The zero-order chi connectivity index (χ0) is 14.9. The molecule has 6 heteroatoms. The Morgan fingerprint density at radius 1 is 1.22 bits per heavy atom. The van der Waals surface area contributed by atoms with Crippen molar-refractivity contribution in [2.75, 3.05) is 0 Å². The number of aryl methyl sites for hydroxylation is 1. The van der Waals surface area contributed by atoms with Crippen LogP contribution >= 0.6 is 12.4 Å². The minimum Gasteiger partial charge on any atom is -0.338 e. The molecule has 2 aliphatic carbocycles. The molecular weight excluding hydrogens is 312 g/mol. The van der Waals surface area contributed by atoms with E-state index in [4.69, 9.17) is 10.3 Å². The van der Waals surface area contributed by atoms with Crippen LogP contribution in [0.15, 0.2) is 28.8 Å². The van der Waals surface area contributed by atoms with Crippen molar-refractivity contribution in [1.29, 1.82) is 0 Å². The number of halogens is 1. The van der Waals surface area contributed by atoms with Crippen molar-refractivity contribution in [1.82, 2.24) is 15.0 Å². The Morgan fingerprint density at radius 3 is 2.78 bits per heavy atom. The number of rotatable bonds is 5. The molecule has 124 valence electrons. The highest BCUT2D eigenvalue weighted by Crippen LogP contribution is 2.41. The SMILES string of the molecule is Cl.NCc1nc(CN(C2CC2)C2CCCc3ccccc32)no1. The molecule has 1 aromatic heterocycles. The van der Waals surface area contributed by atoms with Crippen molar-refractivity contribution in [3.63, 3.8) is 0 Å². The minimum absolute atomic E-state index is 0. The zero-order valence-corrected chi connectivity index (χ0v) is 14.0. The lowest BCUT2D eigenvalue weighted by Crippen LogP contribution is -2.33. The minimum atomic E-state index is 0. The van der Waals surface area contributed by atoms with E-state index in [1.54, 1.807) is 0 Å². The van der Waals surface area contributed by atoms with Gasteiger partial charge in [-0.3, -0.25) is 4.90 Å². The molecule has 0 saturated heterocycles. The molecule has 1 unspecified atom stereocenters. The second-order valence-electron chi connectivity index (χ2n) is 6.32.